The second-order valence-corrected chi connectivity index (χ2v) is 16.2. The van der Waals surface area contributed by atoms with E-state index in [0.29, 0.717) is 5.28 Å². The molecule has 370 valence electrons. The molecular formula is C58H86BClN6O2. The molecule has 0 bridgehead atoms. The van der Waals surface area contributed by atoms with Gasteiger partial charge in [-0.3, -0.25) is 0 Å². The Hall–Kier alpha value is -4.83. The smallest absolute Gasteiger partial charge is 0.403 e. The molecule has 0 radical (unpaired) electrons. The summed E-state index contributed by atoms with van der Waals surface area (Å²) in [4.78, 5) is 24.9. The van der Waals surface area contributed by atoms with Gasteiger partial charge in [0.15, 0.2) is 0 Å². The van der Waals surface area contributed by atoms with Crippen LogP contribution in [0.2, 0.25) is 11.6 Å². The average molecular weight is 946 g/mol. The van der Waals surface area contributed by atoms with Gasteiger partial charge in [-0.2, -0.15) is 0 Å². The number of aryl methyl sites for hydroxylation is 5. The third kappa shape index (κ3) is 18.2. The molecule has 10 heteroatoms. The standard InChI is InChI=1S/2C13H10.C9H15N3.C8H17BO2.C7H10ClN3.4C2H6/c2*1-3-7-12-10(5-1)9-11-6-2-4-8-13(11)12;1-4-7-10-8(5-2)12-9(6-3)11-7;1-6-9-10-7(2,3)8(4,5)11-9;1-3-5-9-6(4-2)11-7(8)10-5;4*1-2/h2*1-8H,9H2;4-6H2,1-3H3;6H2,1-5H3;3-4H2,1-2H3;4*1-2H3. The van der Waals surface area contributed by atoms with Gasteiger partial charge in [-0.05, 0) is 103 Å². The fourth-order valence-electron chi connectivity index (χ4n) is 7.04. The van der Waals surface area contributed by atoms with Crippen molar-refractivity contribution in [3.63, 3.8) is 0 Å². The van der Waals surface area contributed by atoms with E-state index in [0.717, 1.165) is 80.4 Å². The molecule has 68 heavy (non-hydrogen) atoms. The summed E-state index contributed by atoms with van der Waals surface area (Å²) in [6.45, 7) is 36.5. The van der Waals surface area contributed by atoms with E-state index in [1.165, 1.54) is 44.5 Å². The summed E-state index contributed by atoms with van der Waals surface area (Å²) in [5.74, 6) is 4.28. The number of rotatable bonds is 6. The summed E-state index contributed by atoms with van der Waals surface area (Å²) in [5.41, 5.74) is 11.2. The number of hydrogen-bond donors (Lipinski definition) is 0. The third-order valence-electron chi connectivity index (χ3n) is 11.1. The van der Waals surface area contributed by atoms with Crippen molar-refractivity contribution in [3.05, 3.63) is 154 Å². The molecule has 0 N–H and O–H groups in total. The summed E-state index contributed by atoms with van der Waals surface area (Å²) >= 11 is 5.65. The summed E-state index contributed by atoms with van der Waals surface area (Å²) in [7, 11) is -0.0139. The minimum atomic E-state index is -0.159. The highest BCUT2D eigenvalue weighted by Gasteiger charge is 2.50. The van der Waals surface area contributed by atoms with Crippen LogP contribution in [0.15, 0.2) is 97.1 Å². The molecule has 3 heterocycles. The van der Waals surface area contributed by atoms with Crippen molar-refractivity contribution in [1.82, 2.24) is 29.9 Å². The normalized spacial score (nSPS) is 13.0. The van der Waals surface area contributed by atoms with E-state index in [2.05, 4.69) is 182 Å². The predicted octanol–water partition coefficient (Wildman–Crippen LogP) is 15.9. The SMILES string of the molecule is CC.CC.CC.CC.CCB1OC(C)(C)C(C)(C)O1.CCc1nc(CC)nc(CC)n1.CCc1nc(Cl)nc(CC)n1.c1ccc2c(c1)Cc1ccccc1-2.c1ccc2c(c1)Cc1ccccc1-2. The van der Waals surface area contributed by atoms with E-state index in [-0.39, 0.29) is 18.3 Å². The Morgan fingerprint density at radius 3 is 0.824 bits per heavy atom. The molecular weight excluding hydrogens is 859 g/mol. The van der Waals surface area contributed by atoms with Gasteiger partial charge in [0.1, 0.15) is 29.1 Å². The van der Waals surface area contributed by atoms with Gasteiger partial charge in [0.25, 0.3) is 0 Å². The maximum Gasteiger partial charge on any atom is 0.457 e. The second-order valence-electron chi connectivity index (χ2n) is 15.9. The Balaban J connectivity index is 0.000000410. The monoisotopic (exact) mass is 945 g/mol. The van der Waals surface area contributed by atoms with E-state index in [1.807, 2.05) is 69.2 Å². The Kier molecular flexibility index (Phi) is 29.6. The van der Waals surface area contributed by atoms with E-state index in [9.17, 15) is 0 Å². The highest BCUT2D eigenvalue weighted by molar-refractivity contribution is 6.45. The molecule has 2 aliphatic carbocycles. The first-order valence-corrected chi connectivity index (χ1v) is 26.0. The van der Waals surface area contributed by atoms with Crippen LogP contribution in [0, 0.1) is 0 Å². The van der Waals surface area contributed by atoms with Crippen molar-refractivity contribution < 1.29 is 9.31 Å². The molecule has 6 aromatic rings. The summed E-state index contributed by atoms with van der Waals surface area (Å²) in [6, 6.07) is 34.6. The number of halogens is 1. The first kappa shape index (κ1) is 61.2. The van der Waals surface area contributed by atoms with Crippen molar-refractivity contribution in [2.24, 2.45) is 0 Å². The Morgan fingerprint density at radius 1 is 0.397 bits per heavy atom. The maximum absolute atomic E-state index is 5.69. The number of hydrogen-bond acceptors (Lipinski definition) is 8. The molecule has 0 amide bonds. The summed E-state index contributed by atoms with van der Waals surface area (Å²) < 4.78 is 11.4. The number of aromatic nitrogens is 6. The Morgan fingerprint density at radius 2 is 0.618 bits per heavy atom. The quantitative estimate of drug-likeness (QED) is 0.152. The molecule has 9 rings (SSSR count). The Bertz CT molecular complexity index is 2050. The Labute approximate surface area is 419 Å². The zero-order valence-electron chi connectivity index (χ0n) is 45.3. The van der Waals surface area contributed by atoms with Crippen LogP contribution in [-0.2, 0) is 54.3 Å². The largest absolute Gasteiger partial charge is 0.457 e. The topological polar surface area (TPSA) is 95.8 Å². The molecule has 2 aromatic heterocycles. The van der Waals surface area contributed by atoms with Crippen LogP contribution in [0.4, 0.5) is 0 Å². The maximum atomic E-state index is 5.69. The highest BCUT2D eigenvalue weighted by Crippen LogP contribution is 2.38. The lowest BCUT2D eigenvalue weighted by atomic mass is 9.87. The molecule has 3 aliphatic rings. The van der Waals surface area contributed by atoms with Crippen molar-refractivity contribution in [2.75, 3.05) is 0 Å². The molecule has 1 saturated heterocycles. The van der Waals surface area contributed by atoms with Crippen molar-refractivity contribution in [3.8, 4) is 22.3 Å². The molecule has 4 aromatic carbocycles. The minimum absolute atomic E-state index is 0.0139. The van der Waals surface area contributed by atoms with Gasteiger partial charge in [-0.25, -0.2) is 29.9 Å². The van der Waals surface area contributed by atoms with Gasteiger partial charge in [-0.15, -0.1) is 0 Å². The van der Waals surface area contributed by atoms with Crippen molar-refractivity contribution >= 4 is 18.7 Å². The minimum Gasteiger partial charge on any atom is -0.403 e. The lowest BCUT2D eigenvalue weighted by molar-refractivity contribution is 0.00578. The predicted molar refractivity (Wildman–Crippen MR) is 293 cm³/mol. The van der Waals surface area contributed by atoms with Gasteiger partial charge in [-0.1, -0.05) is 194 Å². The van der Waals surface area contributed by atoms with E-state index in [4.69, 9.17) is 20.9 Å². The van der Waals surface area contributed by atoms with Crippen molar-refractivity contribution in [2.45, 2.75) is 187 Å². The van der Waals surface area contributed by atoms with E-state index < -0.39 is 0 Å². The van der Waals surface area contributed by atoms with Gasteiger partial charge >= 0.3 is 7.12 Å². The zero-order chi connectivity index (χ0) is 51.3. The number of fused-ring (bicyclic) bond motifs is 6. The van der Waals surface area contributed by atoms with E-state index >= 15 is 0 Å². The van der Waals surface area contributed by atoms with Crippen LogP contribution in [-0.4, -0.2) is 48.2 Å². The second kappa shape index (κ2) is 32.8. The van der Waals surface area contributed by atoms with Crippen LogP contribution in [0.25, 0.3) is 22.3 Å². The average Bonchev–Trinajstić information content (AvgIpc) is 4.04. The molecule has 0 saturated carbocycles. The fourth-order valence-corrected chi connectivity index (χ4v) is 7.24. The number of benzene rings is 4. The lowest BCUT2D eigenvalue weighted by Crippen LogP contribution is -2.41. The van der Waals surface area contributed by atoms with Crippen LogP contribution < -0.4 is 0 Å². The molecule has 1 fully saturated rings. The fraction of sp³-hybridized carbons (Fsp3) is 0.483. The van der Waals surface area contributed by atoms with Crippen LogP contribution >= 0.6 is 11.6 Å². The summed E-state index contributed by atoms with van der Waals surface area (Å²) in [6.07, 6.45) is 7.41. The third-order valence-corrected chi connectivity index (χ3v) is 11.3. The zero-order valence-corrected chi connectivity index (χ0v) is 46.1. The van der Waals surface area contributed by atoms with Gasteiger partial charge in [0, 0.05) is 32.1 Å². The molecule has 8 nitrogen and oxygen atoms in total. The lowest BCUT2D eigenvalue weighted by Gasteiger charge is -2.32. The molecule has 0 atom stereocenters. The van der Waals surface area contributed by atoms with Crippen LogP contribution in [0.1, 0.15) is 176 Å². The molecule has 0 unspecified atom stereocenters. The van der Waals surface area contributed by atoms with Crippen LogP contribution in [0.5, 0.6) is 0 Å². The van der Waals surface area contributed by atoms with E-state index in [1.54, 1.807) is 0 Å². The first-order valence-electron chi connectivity index (χ1n) is 25.6. The number of nitrogens with zero attached hydrogens (tertiary/aromatic N) is 6. The molecule has 1 aliphatic heterocycles. The first-order chi connectivity index (χ1) is 32.8. The van der Waals surface area contributed by atoms with Gasteiger partial charge in [0.2, 0.25) is 5.28 Å². The van der Waals surface area contributed by atoms with Crippen LogP contribution in [0.3, 0.4) is 0 Å². The summed E-state index contributed by atoms with van der Waals surface area (Å²) in [5, 5.41) is 0.300. The van der Waals surface area contributed by atoms with Crippen molar-refractivity contribution in [1.29, 1.82) is 0 Å². The van der Waals surface area contributed by atoms with Gasteiger partial charge in [0.05, 0.1) is 11.2 Å². The van der Waals surface area contributed by atoms with Gasteiger partial charge < -0.3 is 9.31 Å². The molecule has 0 spiro atoms. The highest BCUT2D eigenvalue weighted by atomic mass is 35.5.